The third-order valence-electron chi connectivity index (χ3n) is 6.42. The van der Waals surface area contributed by atoms with Crippen LogP contribution in [0.2, 0.25) is 0 Å². The molecule has 9 heteroatoms. The highest BCUT2D eigenvalue weighted by molar-refractivity contribution is 7.89. The third kappa shape index (κ3) is 4.55. The number of sulfonamides is 1. The van der Waals surface area contributed by atoms with E-state index in [9.17, 15) is 18.3 Å². The van der Waals surface area contributed by atoms with E-state index in [2.05, 4.69) is 5.32 Å². The van der Waals surface area contributed by atoms with Gasteiger partial charge in [-0.25, -0.2) is 13.2 Å². The number of aliphatic hydroxyl groups excluding tert-OH is 1. The molecule has 2 amide bonds. The zero-order chi connectivity index (χ0) is 22.9. The Kier molecular flexibility index (Phi) is 6.60. The summed E-state index contributed by atoms with van der Waals surface area (Å²) in [6.45, 7) is 1.74. The maximum atomic E-state index is 13.6. The standard InChI is InChI=1S/C23H32N4O4S/c1-25(2)21-9-3-8-20-19(21)7-4-10-22(20)32(30,31)27-13-5-6-17(16-27)24-23(29)26-14-11-18(28)12-15-26/h3-4,7-10,17-18,28H,5-6,11-16H2,1-2H3,(H,24,29)/t17-/m0/s1. The van der Waals surface area contributed by atoms with Crippen molar-refractivity contribution in [2.45, 2.75) is 42.7 Å². The number of benzene rings is 2. The fraction of sp³-hybridized carbons (Fsp3) is 0.522. The Morgan fingerprint density at radius 3 is 2.44 bits per heavy atom. The van der Waals surface area contributed by atoms with Crippen LogP contribution in [0.25, 0.3) is 10.8 Å². The number of anilines is 1. The van der Waals surface area contributed by atoms with E-state index in [1.54, 1.807) is 17.0 Å². The number of urea groups is 1. The van der Waals surface area contributed by atoms with Gasteiger partial charge in [0.15, 0.2) is 0 Å². The number of piperidine rings is 2. The second-order valence-corrected chi connectivity index (χ2v) is 10.8. The number of aliphatic hydroxyl groups is 1. The molecular formula is C23H32N4O4S. The second-order valence-electron chi connectivity index (χ2n) is 8.89. The number of carbonyl (C=O) groups excluding carboxylic acids is 1. The number of hydrogen-bond acceptors (Lipinski definition) is 5. The van der Waals surface area contributed by atoms with E-state index in [0.29, 0.717) is 49.2 Å². The van der Waals surface area contributed by atoms with Gasteiger partial charge in [0.25, 0.3) is 0 Å². The predicted octanol–water partition coefficient (Wildman–Crippen LogP) is 2.23. The molecule has 0 spiro atoms. The summed E-state index contributed by atoms with van der Waals surface area (Å²) >= 11 is 0. The fourth-order valence-corrected chi connectivity index (χ4v) is 6.36. The number of nitrogens with zero attached hydrogens (tertiary/aromatic N) is 3. The molecular weight excluding hydrogens is 428 g/mol. The molecule has 8 nitrogen and oxygen atoms in total. The average Bonchev–Trinajstić information content (AvgIpc) is 2.78. The molecule has 0 aromatic heterocycles. The van der Waals surface area contributed by atoms with Crippen LogP contribution in [0.4, 0.5) is 10.5 Å². The molecule has 2 saturated heterocycles. The summed E-state index contributed by atoms with van der Waals surface area (Å²) in [4.78, 5) is 16.6. The summed E-state index contributed by atoms with van der Waals surface area (Å²) in [5, 5.41) is 14.3. The van der Waals surface area contributed by atoms with Crippen LogP contribution in [0.15, 0.2) is 41.3 Å². The summed E-state index contributed by atoms with van der Waals surface area (Å²) in [6, 6.07) is 10.7. The lowest BCUT2D eigenvalue weighted by Crippen LogP contribution is -2.54. The maximum absolute atomic E-state index is 13.6. The van der Waals surface area contributed by atoms with Gasteiger partial charge >= 0.3 is 6.03 Å². The van der Waals surface area contributed by atoms with E-state index in [4.69, 9.17) is 0 Å². The van der Waals surface area contributed by atoms with Crippen molar-refractivity contribution in [1.29, 1.82) is 0 Å². The smallest absolute Gasteiger partial charge is 0.317 e. The third-order valence-corrected chi connectivity index (χ3v) is 8.35. The maximum Gasteiger partial charge on any atom is 0.317 e. The summed E-state index contributed by atoms with van der Waals surface area (Å²) in [6.07, 6.45) is 2.25. The zero-order valence-electron chi connectivity index (χ0n) is 18.7. The molecule has 0 aliphatic carbocycles. The van der Waals surface area contributed by atoms with Crippen LogP contribution in [-0.4, -0.2) is 81.2 Å². The van der Waals surface area contributed by atoms with Gasteiger partial charge in [-0.15, -0.1) is 0 Å². The Morgan fingerprint density at radius 2 is 1.72 bits per heavy atom. The van der Waals surface area contributed by atoms with Crippen LogP contribution in [0.1, 0.15) is 25.7 Å². The fourth-order valence-electron chi connectivity index (χ4n) is 4.63. The Bertz CT molecular complexity index is 1080. The quantitative estimate of drug-likeness (QED) is 0.730. The monoisotopic (exact) mass is 460 g/mol. The van der Waals surface area contributed by atoms with Gasteiger partial charge in [0.2, 0.25) is 10.0 Å². The van der Waals surface area contributed by atoms with Crippen molar-refractivity contribution in [3.05, 3.63) is 36.4 Å². The normalized spacial score (nSPS) is 21.0. The Balaban J connectivity index is 1.53. The van der Waals surface area contributed by atoms with Crippen LogP contribution in [0, 0.1) is 0 Å². The van der Waals surface area contributed by atoms with Crippen molar-refractivity contribution in [1.82, 2.24) is 14.5 Å². The molecule has 2 heterocycles. The number of nitrogens with one attached hydrogen (secondary N) is 1. The van der Waals surface area contributed by atoms with Crippen LogP contribution in [0.5, 0.6) is 0 Å². The average molecular weight is 461 g/mol. The highest BCUT2D eigenvalue weighted by Gasteiger charge is 2.33. The van der Waals surface area contributed by atoms with E-state index in [-0.39, 0.29) is 24.7 Å². The van der Waals surface area contributed by atoms with E-state index < -0.39 is 10.0 Å². The summed E-state index contributed by atoms with van der Waals surface area (Å²) in [5.41, 5.74) is 0.968. The van der Waals surface area contributed by atoms with E-state index in [1.807, 2.05) is 43.3 Å². The topological polar surface area (TPSA) is 93.2 Å². The van der Waals surface area contributed by atoms with Gasteiger partial charge in [0.1, 0.15) is 0 Å². The summed E-state index contributed by atoms with van der Waals surface area (Å²) < 4.78 is 28.7. The summed E-state index contributed by atoms with van der Waals surface area (Å²) in [5.74, 6) is 0. The molecule has 4 rings (SSSR count). The second kappa shape index (κ2) is 9.25. The van der Waals surface area contributed by atoms with Crippen LogP contribution in [0.3, 0.4) is 0 Å². The first-order valence-corrected chi connectivity index (χ1v) is 12.6. The lowest BCUT2D eigenvalue weighted by atomic mass is 10.1. The number of amides is 2. The van der Waals surface area contributed by atoms with Crippen molar-refractivity contribution >= 4 is 32.5 Å². The first-order valence-electron chi connectivity index (χ1n) is 11.2. The van der Waals surface area contributed by atoms with E-state index in [1.165, 1.54) is 4.31 Å². The van der Waals surface area contributed by atoms with E-state index in [0.717, 1.165) is 17.5 Å². The predicted molar refractivity (Wildman–Crippen MR) is 125 cm³/mol. The molecule has 2 fully saturated rings. The molecule has 0 radical (unpaired) electrons. The number of fused-ring (bicyclic) bond motifs is 1. The van der Waals surface area contributed by atoms with Gasteiger partial charge in [-0.1, -0.05) is 24.3 Å². The highest BCUT2D eigenvalue weighted by Crippen LogP contribution is 2.32. The highest BCUT2D eigenvalue weighted by atomic mass is 32.2. The van der Waals surface area contributed by atoms with Crippen molar-refractivity contribution < 1.29 is 18.3 Å². The molecule has 174 valence electrons. The Labute approximate surface area is 189 Å². The van der Waals surface area contributed by atoms with Gasteiger partial charge in [0, 0.05) is 62.8 Å². The molecule has 0 saturated carbocycles. The molecule has 32 heavy (non-hydrogen) atoms. The Morgan fingerprint density at radius 1 is 1.03 bits per heavy atom. The minimum atomic E-state index is -3.72. The number of likely N-dealkylation sites (tertiary alicyclic amines) is 1. The first kappa shape index (κ1) is 22.8. The first-order chi connectivity index (χ1) is 15.3. The SMILES string of the molecule is CN(C)c1cccc2c(S(=O)(=O)N3CCC[C@H](NC(=O)N4CCC(O)CC4)C3)cccc12. The Hall–Kier alpha value is -2.36. The van der Waals surface area contributed by atoms with Crippen molar-refractivity contribution in [3.63, 3.8) is 0 Å². The van der Waals surface area contributed by atoms with Gasteiger partial charge in [-0.2, -0.15) is 4.31 Å². The minimum absolute atomic E-state index is 0.179. The molecule has 2 aromatic rings. The molecule has 2 aliphatic rings. The van der Waals surface area contributed by atoms with Crippen LogP contribution in [-0.2, 0) is 10.0 Å². The zero-order valence-corrected chi connectivity index (χ0v) is 19.5. The van der Waals surface area contributed by atoms with Crippen molar-refractivity contribution in [2.24, 2.45) is 0 Å². The van der Waals surface area contributed by atoms with Crippen LogP contribution < -0.4 is 10.2 Å². The molecule has 2 aliphatic heterocycles. The minimum Gasteiger partial charge on any atom is -0.393 e. The lowest BCUT2D eigenvalue weighted by molar-refractivity contribution is 0.0920. The number of hydrogen-bond donors (Lipinski definition) is 2. The van der Waals surface area contributed by atoms with Gasteiger partial charge < -0.3 is 20.2 Å². The van der Waals surface area contributed by atoms with Crippen molar-refractivity contribution in [3.8, 4) is 0 Å². The van der Waals surface area contributed by atoms with Gasteiger partial charge in [-0.05, 0) is 37.8 Å². The summed E-state index contributed by atoms with van der Waals surface area (Å²) in [7, 11) is 0.168. The van der Waals surface area contributed by atoms with E-state index >= 15 is 0 Å². The molecule has 2 N–H and O–H groups in total. The van der Waals surface area contributed by atoms with Crippen LogP contribution >= 0.6 is 0 Å². The molecule has 0 unspecified atom stereocenters. The van der Waals surface area contributed by atoms with Gasteiger partial charge in [-0.3, -0.25) is 0 Å². The lowest BCUT2D eigenvalue weighted by Gasteiger charge is -2.35. The number of rotatable bonds is 4. The number of carbonyl (C=O) groups is 1. The molecule has 1 atom stereocenters. The largest absolute Gasteiger partial charge is 0.393 e. The molecule has 0 bridgehead atoms. The van der Waals surface area contributed by atoms with Gasteiger partial charge in [0.05, 0.1) is 11.0 Å². The molecule has 2 aromatic carbocycles. The van der Waals surface area contributed by atoms with Crippen molar-refractivity contribution in [2.75, 3.05) is 45.2 Å².